The zero-order chi connectivity index (χ0) is 11.7. The molecule has 4 heteroatoms. The molecule has 1 N–H and O–H groups in total. The first-order chi connectivity index (χ1) is 7.58. The number of nitrogens with one attached hydrogen (secondary N) is 1. The van der Waals surface area contributed by atoms with Crippen molar-refractivity contribution in [2.24, 2.45) is 0 Å². The molecule has 0 atom stereocenters. The Morgan fingerprint density at radius 2 is 2.00 bits per heavy atom. The maximum atomic E-state index is 13.2. The average Bonchev–Trinajstić information content (AvgIpc) is 2.26. The number of H-pyrrole nitrogens is 1. The SMILES string of the molecule is Cc1cc(-c2[nH]c(=S)ncc2C)ccc1F. The van der Waals surface area contributed by atoms with Gasteiger partial charge in [0, 0.05) is 6.20 Å². The van der Waals surface area contributed by atoms with Crippen LogP contribution in [0.5, 0.6) is 0 Å². The number of hydrogen-bond donors (Lipinski definition) is 1. The largest absolute Gasteiger partial charge is 0.330 e. The summed E-state index contributed by atoms with van der Waals surface area (Å²) in [4.78, 5) is 7.01. The molecule has 0 amide bonds. The number of halogens is 1. The van der Waals surface area contributed by atoms with E-state index in [0.29, 0.717) is 10.3 Å². The first-order valence-electron chi connectivity index (χ1n) is 4.90. The lowest BCUT2D eigenvalue weighted by atomic mass is 10.1. The zero-order valence-corrected chi connectivity index (χ0v) is 9.86. The number of aromatic nitrogens is 2. The lowest BCUT2D eigenvalue weighted by Crippen LogP contribution is -1.92. The first kappa shape index (κ1) is 11.0. The third-order valence-electron chi connectivity index (χ3n) is 2.45. The molecule has 0 unspecified atom stereocenters. The predicted molar refractivity (Wildman–Crippen MR) is 64.3 cm³/mol. The van der Waals surface area contributed by atoms with Crippen LogP contribution in [0.25, 0.3) is 11.3 Å². The van der Waals surface area contributed by atoms with Gasteiger partial charge in [0.15, 0.2) is 4.77 Å². The van der Waals surface area contributed by atoms with Crippen molar-refractivity contribution in [1.29, 1.82) is 0 Å². The molecule has 2 rings (SSSR count). The van der Waals surface area contributed by atoms with Crippen molar-refractivity contribution in [2.45, 2.75) is 13.8 Å². The molecule has 0 saturated carbocycles. The number of aryl methyl sites for hydroxylation is 2. The topological polar surface area (TPSA) is 28.7 Å². The van der Waals surface area contributed by atoms with E-state index in [1.165, 1.54) is 6.07 Å². The van der Waals surface area contributed by atoms with Gasteiger partial charge < -0.3 is 4.98 Å². The van der Waals surface area contributed by atoms with Gasteiger partial charge in [0.1, 0.15) is 5.82 Å². The van der Waals surface area contributed by atoms with E-state index in [1.807, 2.05) is 6.92 Å². The molecule has 0 aliphatic rings. The van der Waals surface area contributed by atoms with Crippen molar-refractivity contribution in [2.75, 3.05) is 0 Å². The number of hydrogen-bond acceptors (Lipinski definition) is 2. The second kappa shape index (κ2) is 4.14. The Labute approximate surface area is 98.2 Å². The van der Waals surface area contributed by atoms with E-state index in [-0.39, 0.29) is 5.82 Å². The Morgan fingerprint density at radius 1 is 1.25 bits per heavy atom. The molecule has 0 saturated heterocycles. The number of aromatic amines is 1. The van der Waals surface area contributed by atoms with E-state index >= 15 is 0 Å². The van der Waals surface area contributed by atoms with Crippen LogP contribution >= 0.6 is 12.2 Å². The smallest absolute Gasteiger partial charge is 0.197 e. The maximum Gasteiger partial charge on any atom is 0.197 e. The average molecular weight is 234 g/mol. The number of rotatable bonds is 1. The minimum absolute atomic E-state index is 0.200. The van der Waals surface area contributed by atoms with Crippen LogP contribution in [0.1, 0.15) is 11.1 Å². The number of benzene rings is 1. The maximum absolute atomic E-state index is 13.2. The van der Waals surface area contributed by atoms with E-state index in [2.05, 4.69) is 9.97 Å². The minimum atomic E-state index is -0.200. The molecule has 0 aliphatic heterocycles. The van der Waals surface area contributed by atoms with Crippen molar-refractivity contribution in [3.05, 3.63) is 46.1 Å². The van der Waals surface area contributed by atoms with Crippen molar-refractivity contribution in [3.8, 4) is 11.3 Å². The Hall–Kier alpha value is -1.55. The molecule has 1 aromatic heterocycles. The van der Waals surface area contributed by atoms with Gasteiger partial charge in [0.25, 0.3) is 0 Å². The minimum Gasteiger partial charge on any atom is -0.330 e. The standard InChI is InChI=1S/C12H11FN2S/c1-7-5-9(3-4-10(7)13)11-8(2)6-14-12(16)15-11/h3-6H,1-2H3,(H,14,15,16). The van der Waals surface area contributed by atoms with Gasteiger partial charge in [-0.3, -0.25) is 0 Å². The fourth-order valence-electron chi connectivity index (χ4n) is 1.56. The lowest BCUT2D eigenvalue weighted by molar-refractivity contribution is 0.618. The van der Waals surface area contributed by atoms with E-state index in [9.17, 15) is 4.39 Å². The van der Waals surface area contributed by atoms with Gasteiger partial charge in [-0.1, -0.05) is 0 Å². The molecule has 1 aromatic carbocycles. The van der Waals surface area contributed by atoms with Gasteiger partial charge in [0.05, 0.1) is 5.69 Å². The van der Waals surface area contributed by atoms with Gasteiger partial charge in [-0.15, -0.1) is 0 Å². The van der Waals surface area contributed by atoms with Crippen LogP contribution in [0.4, 0.5) is 4.39 Å². The van der Waals surface area contributed by atoms with E-state index in [4.69, 9.17) is 12.2 Å². The summed E-state index contributed by atoms with van der Waals surface area (Å²) >= 11 is 4.98. The molecule has 0 bridgehead atoms. The predicted octanol–water partition coefficient (Wildman–Crippen LogP) is 3.56. The van der Waals surface area contributed by atoms with Crippen LogP contribution in [0.3, 0.4) is 0 Å². The van der Waals surface area contributed by atoms with Crippen LogP contribution < -0.4 is 0 Å². The third-order valence-corrected chi connectivity index (χ3v) is 2.66. The summed E-state index contributed by atoms with van der Waals surface area (Å²) < 4.78 is 13.6. The van der Waals surface area contributed by atoms with Crippen molar-refractivity contribution in [1.82, 2.24) is 9.97 Å². The van der Waals surface area contributed by atoms with Crippen LogP contribution in [0, 0.1) is 24.4 Å². The van der Waals surface area contributed by atoms with Crippen LogP contribution in [-0.4, -0.2) is 9.97 Å². The molecule has 0 aliphatic carbocycles. The summed E-state index contributed by atoms with van der Waals surface area (Å²) in [6.07, 6.45) is 1.72. The zero-order valence-electron chi connectivity index (χ0n) is 9.04. The summed E-state index contributed by atoms with van der Waals surface area (Å²) in [5, 5.41) is 0. The normalized spacial score (nSPS) is 10.4. The highest BCUT2D eigenvalue weighted by Gasteiger charge is 2.05. The fourth-order valence-corrected chi connectivity index (χ4v) is 1.71. The highest BCUT2D eigenvalue weighted by molar-refractivity contribution is 7.71. The van der Waals surface area contributed by atoms with Crippen molar-refractivity contribution < 1.29 is 4.39 Å². The first-order valence-corrected chi connectivity index (χ1v) is 5.31. The van der Waals surface area contributed by atoms with E-state index in [1.54, 1.807) is 25.3 Å². The quantitative estimate of drug-likeness (QED) is 0.764. The highest BCUT2D eigenvalue weighted by atomic mass is 32.1. The van der Waals surface area contributed by atoms with Gasteiger partial charge >= 0.3 is 0 Å². The third kappa shape index (κ3) is 2.02. The van der Waals surface area contributed by atoms with Crippen molar-refractivity contribution in [3.63, 3.8) is 0 Å². The summed E-state index contributed by atoms with van der Waals surface area (Å²) in [6.45, 7) is 3.68. The molecule has 1 heterocycles. The van der Waals surface area contributed by atoms with Crippen LogP contribution in [-0.2, 0) is 0 Å². The molecule has 82 valence electrons. The second-order valence-electron chi connectivity index (χ2n) is 3.71. The van der Waals surface area contributed by atoms with E-state index < -0.39 is 0 Å². The Kier molecular flexibility index (Phi) is 2.83. The molecular formula is C12H11FN2S. The van der Waals surface area contributed by atoms with Crippen LogP contribution in [0.2, 0.25) is 0 Å². The van der Waals surface area contributed by atoms with Gasteiger partial charge in [-0.05, 0) is 61.0 Å². The Balaban J connectivity index is 2.62. The van der Waals surface area contributed by atoms with Gasteiger partial charge in [0.2, 0.25) is 0 Å². The summed E-state index contributed by atoms with van der Waals surface area (Å²) in [5.74, 6) is -0.200. The van der Waals surface area contributed by atoms with Crippen LogP contribution in [0.15, 0.2) is 24.4 Å². The summed E-state index contributed by atoms with van der Waals surface area (Å²) in [5.41, 5.74) is 3.42. The number of nitrogens with zero attached hydrogens (tertiary/aromatic N) is 1. The molecule has 0 spiro atoms. The Morgan fingerprint density at radius 3 is 2.69 bits per heavy atom. The summed E-state index contributed by atoms with van der Waals surface area (Å²) in [7, 11) is 0. The molecule has 0 fully saturated rings. The second-order valence-corrected chi connectivity index (χ2v) is 4.10. The molecule has 2 aromatic rings. The highest BCUT2D eigenvalue weighted by Crippen LogP contribution is 2.22. The fraction of sp³-hybridized carbons (Fsp3) is 0.167. The summed E-state index contributed by atoms with van der Waals surface area (Å²) in [6, 6.07) is 4.99. The Bertz CT molecular complexity index is 590. The van der Waals surface area contributed by atoms with Crippen molar-refractivity contribution >= 4 is 12.2 Å². The van der Waals surface area contributed by atoms with Gasteiger partial charge in [-0.25, -0.2) is 9.37 Å². The lowest BCUT2D eigenvalue weighted by Gasteiger charge is -2.06. The molecule has 16 heavy (non-hydrogen) atoms. The molecule has 0 radical (unpaired) electrons. The monoisotopic (exact) mass is 234 g/mol. The molecular weight excluding hydrogens is 223 g/mol. The molecule has 2 nitrogen and oxygen atoms in total. The van der Waals surface area contributed by atoms with E-state index in [0.717, 1.165) is 16.8 Å². The van der Waals surface area contributed by atoms with Gasteiger partial charge in [-0.2, -0.15) is 0 Å².